The largest absolute Gasteiger partial charge is 0.321 e. The first kappa shape index (κ1) is 13.3. The Bertz CT molecular complexity index is 412. The van der Waals surface area contributed by atoms with Gasteiger partial charge in [0.15, 0.2) is 5.78 Å². The monoisotopic (exact) mass is 236 g/mol. The third-order valence-corrected chi connectivity index (χ3v) is 2.42. The Labute approximate surface area is 99.8 Å². The maximum atomic E-state index is 11.9. The van der Waals surface area contributed by atoms with Crippen molar-refractivity contribution in [3.63, 3.8) is 0 Å². The molecule has 17 heavy (non-hydrogen) atoms. The fourth-order valence-corrected chi connectivity index (χ4v) is 1.58. The number of rotatable bonds is 5. The minimum atomic E-state index is -0.545. The molecular formula is C12H16N2O3. The van der Waals surface area contributed by atoms with Crippen LogP contribution in [-0.4, -0.2) is 16.7 Å². The van der Waals surface area contributed by atoms with Gasteiger partial charge < -0.3 is 5.73 Å². The fraction of sp³-hybridized carbons (Fsp3) is 0.417. The topological polar surface area (TPSA) is 86.2 Å². The van der Waals surface area contributed by atoms with Gasteiger partial charge in [-0.15, -0.1) is 0 Å². The third kappa shape index (κ3) is 3.64. The Hall–Kier alpha value is -1.75. The molecule has 92 valence electrons. The molecule has 0 aliphatic carbocycles. The summed E-state index contributed by atoms with van der Waals surface area (Å²) in [6, 6.07) is 4.97. The molecule has 5 heteroatoms. The van der Waals surface area contributed by atoms with E-state index in [1.54, 1.807) is 0 Å². The first-order valence-corrected chi connectivity index (χ1v) is 5.46. The summed E-state index contributed by atoms with van der Waals surface area (Å²) in [5, 5.41) is 10.5. The molecule has 0 amide bonds. The second-order valence-electron chi connectivity index (χ2n) is 4.40. The van der Waals surface area contributed by atoms with Crippen LogP contribution in [0.5, 0.6) is 0 Å². The van der Waals surface area contributed by atoms with Crippen LogP contribution in [0.15, 0.2) is 24.3 Å². The summed E-state index contributed by atoms with van der Waals surface area (Å²) in [6.45, 7) is 3.98. The van der Waals surface area contributed by atoms with E-state index in [0.717, 1.165) is 0 Å². The van der Waals surface area contributed by atoms with Crippen molar-refractivity contribution in [3.05, 3.63) is 39.9 Å². The summed E-state index contributed by atoms with van der Waals surface area (Å²) in [5.74, 6) is 0.167. The van der Waals surface area contributed by atoms with E-state index in [1.165, 1.54) is 24.3 Å². The van der Waals surface area contributed by atoms with E-state index in [-0.39, 0.29) is 11.5 Å². The summed E-state index contributed by atoms with van der Waals surface area (Å²) in [5.41, 5.74) is 6.16. The van der Waals surface area contributed by atoms with Gasteiger partial charge in [0.05, 0.1) is 11.0 Å². The maximum Gasteiger partial charge on any atom is 0.269 e. The molecule has 0 heterocycles. The first-order valence-electron chi connectivity index (χ1n) is 5.46. The summed E-state index contributed by atoms with van der Waals surface area (Å²) in [7, 11) is 0. The molecule has 0 saturated heterocycles. The lowest BCUT2D eigenvalue weighted by atomic mass is 9.97. The molecule has 1 aromatic carbocycles. The lowest BCUT2D eigenvalue weighted by Gasteiger charge is -2.12. The molecule has 0 aliphatic heterocycles. The van der Waals surface area contributed by atoms with Crippen LogP contribution in [-0.2, 0) is 0 Å². The van der Waals surface area contributed by atoms with Gasteiger partial charge in [-0.1, -0.05) is 13.8 Å². The summed E-state index contributed by atoms with van der Waals surface area (Å²) in [6.07, 6.45) is 0.607. The van der Waals surface area contributed by atoms with Gasteiger partial charge in [0, 0.05) is 17.7 Å². The number of hydrogen-bond acceptors (Lipinski definition) is 4. The van der Waals surface area contributed by atoms with Crippen molar-refractivity contribution >= 4 is 11.5 Å². The van der Waals surface area contributed by atoms with Gasteiger partial charge in [0.1, 0.15) is 0 Å². The number of nitro benzene ring substituents is 1. The van der Waals surface area contributed by atoms with E-state index in [9.17, 15) is 14.9 Å². The van der Waals surface area contributed by atoms with Crippen LogP contribution < -0.4 is 5.73 Å². The van der Waals surface area contributed by atoms with Crippen molar-refractivity contribution in [2.45, 2.75) is 26.3 Å². The predicted molar refractivity (Wildman–Crippen MR) is 64.9 cm³/mol. The number of Topliss-reactive ketones (excluding diaryl/α,β-unsaturated/α-hetero) is 1. The molecular weight excluding hydrogens is 220 g/mol. The molecule has 1 atom stereocenters. The molecule has 5 nitrogen and oxygen atoms in total. The number of non-ortho nitro benzene ring substituents is 1. The molecule has 0 saturated carbocycles. The van der Waals surface area contributed by atoms with Gasteiger partial charge in [0.2, 0.25) is 0 Å². The second-order valence-corrected chi connectivity index (χ2v) is 4.40. The summed E-state index contributed by atoms with van der Waals surface area (Å²) < 4.78 is 0. The number of hydrogen-bond donors (Lipinski definition) is 1. The van der Waals surface area contributed by atoms with Crippen molar-refractivity contribution in [1.29, 1.82) is 0 Å². The Morgan fingerprint density at radius 3 is 2.29 bits per heavy atom. The summed E-state index contributed by atoms with van der Waals surface area (Å²) in [4.78, 5) is 21.8. The molecule has 1 aromatic rings. The lowest BCUT2D eigenvalue weighted by molar-refractivity contribution is -0.384. The van der Waals surface area contributed by atoms with E-state index in [4.69, 9.17) is 5.73 Å². The number of nitrogens with two attached hydrogens (primary N) is 1. The highest BCUT2D eigenvalue weighted by atomic mass is 16.6. The van der Waals surface area contributed by atoms with Crippen LogP contribution >= 0.6 is 0 Å². The highest BCUT2D eigenvalue weighted by Gasteiger charge is 2.17. The number of carbonyl (C=O) groups excluding carboxylic acids is 1. The van der Waals surface area contributed by atoms with Gasteiger partial charge >= 0.3 is 0 Å². The van der Waals surface area contributed by atoms with Crippen molar-refractivity contribution < 1.29 is 9.72 Å². The van der Waals surface area contributed by atoms with E-state index >= 15 is 0 Å². The van der Waals surface area contributed by atoms with Gasteiger partial charge in [-0.2, -0.15) is 0 Å². The van der Waals surface area contributed by atoms with Crippen molar-refractivity contribution in [3.8, 4) is 0 Å². The second kappa shape index (κ2) is 5.54. The zero-order valence-electron chi connectivity index (χ0n) is 9.92. The van der Waals surface area contributed by atoms with E-state index in [0.29, 0.717) is 17.9 Å². The maximum absolute atomic E-state index is 11.9. The molecule has 0 radical (unpaired) electrons. The molecule has 0 spiro atoms. The smallest absolute Gasteiger partial charge is 0.269 e. The Morgan fingerprint density at radius 2 is 1.88 bits per heavy atom. The van der Waals surface area contributed by atoms with Crippen molar-refractivity contribution in [2.24, 2.45) is 11.7 Å². The SMILES string of the molecule is CC(C)CC(N)C(=O)c1ccc([N+](=O)[O-])cc1. The van der Waals surface area contributed by atoms with Crippen LogP contribution in [0, 0.1) is 16.0 Å². The molecule has 1 unspecified atom stereocenters. The average Bonchev–Trinajstić information content (AvgIpc) is 2.27. The Morgan fingerprint density at radius 1 is 1.35 bits per heavy atom. The molecule has 0 bridgehead atoms. The zero-order valence-corrected chi connectivity index (χ0v) is 9.92. The van der Waals surface area contributed by atoms with Gasteiger partial charge in [-0.3, -0.25) is 14.9 Å². The standard InChI is InChI=1S/C12H16N2O3/c1-8(2)7-11(13)12(15)9-3-5-10(6-4-9)14(16)17/h3-6,8,11H,7,13H2,1-2H3. The number of ketones is 1. The Kier molecular flexibility index (Phi) is 4.34. The van der Waals surface area contributed by atoms with Gasteiger partial charge in [-0.05, 0) is 24.5 Å². The predicted octanol–water partition coefficient (Wildman–Crippen LogP) is 2.15. The third-order valence-electron chi connectivity index (χ3n) is 2.42. The highest BCUT2D eigenvalue weighted by Crippen LogP contribution is 2.14. The van der Waals surface area contributed by atoms with E-state index in [2.05, 4.69) is 0 Å². The molecule has 1 rings (SSSR count). The van der Waals surface area contributed by atoms with Crippen molar-refractivity contribution in [2.75, 3.05) is 0 Å². The summed E-state index contributed by atoms with van der Waals surface area (Å²) >= 11 is 0. The molecule has 0 aromatic heterocycles. The molecule has 0 aliphatic rings. The number of carbonyl (C=O) groups is 1. The number of benzene rings is 1. The van der Waals surface area contributed by atoms with Crippen LogP contribution in [0.25, 0.3) is 0 Å². The molecule has 2 N–H and O–H groups in total. The van der Waals surface area contributed by atoms with Crippen LogP contribution in [0.4, 0.5) is 5.69 Å². The minimum absolute atomic E-state index is 0.0287. The van der Waals surface area contributed by atoms with Crippen molar-refractivity contribution in [1.82, 2.24) is 0 Å². The highest BCUT2D eigenvalue weighted by molar-refractivity contribution is 6.00. The van der Waals surface area contributed by atoms with E-state index < -0.39 is 11.0 Å². The van der Waals surface area contributed by atoms with Gasteiger partial charge in [0.25, 0.3) is 5.69 Å². The number of nitrogens with zero attached hydrogens (tertiary/aromatic N) is 1. The Balaban J connectivity index is 2.79. The minimum Gasteiger partial charge on any atom is -0.321 e. The zero-order chi connectivity index (χ0) is 13.0. The first-order chi connectivity index (χ1) is 7.91. The van der Waals surface area contributed by atoms with Crippen LogP contribution in [0.2, 0.25) is 0 Å². The van der Waals surface area contributed by atoms with Crippen LogP contribution in [0.3, 0.4) is 0 Å². The quantitative estimate of drug-likeness (QED) is 0.482. The fourth-order valence-electron chi connectivity index (χ4n) is 1.58. The lowest BCUT2D eigenvalue weighted by Crippen LogP contribution is -2.31. The average molecular weight is 236 g/mol. The van der Waals surface area contributed by atoms with Gasteiger partial charge in [-0.25, -0.2) is 0 Å². The number of nitro groups is 1. The van der Waals surface area contributed by atoms with Crippen LogP contribution in [0.1, 0.15) is 30.6 Å². The van der Waals surface area contributed by atoms with E-state index in [1.807, 2.05) is 13.8 Å². The molecule has 0 fully saturated rings. The normalized spacial score (nSPS) is 12.5.